The SMILES string of the molecule is CC(=O)Nc1cc2[nH]c(=O)[nH]c2cc1O.CC(=O)Nc1cc2[nH]c(=O)[nH]c2cc1O.[Mn]. The molecule has 0 aliphatic rings. The predicted molar refractivity (Wildman–Crippen MR) is 110 cm³/mol. The number of imidazole rings is 2. The summed E-state index contributed by atoms with van der Waals surface area (Å²) in [5, 5.41) is 23.9. The van der Waals surface area contributed by atoms with Gasteiger partial charge in [-0.05, 0) is 12.1 Å². The summed E-state index contributed by atoms with van der Waals surface area (Å²) in [6.45, 7) is 2.67. The van der Waals surface area contributed by atoms with Crippen molar-refractivity contribution >= 4 is 45.3 Å². The van der Waals surface area contributed by atoms with E-state index in [1.54, 1.807) is 0 Å². The van der Waals surface area contributed by atoms with Crippen LogP contribution in [0.15, 0.2) is 33.9 Å². The number of carbonyl (C=O) groups excluding carboxylic acids is 2. The second kappa shape index (κ2) is 9.24. The maximum absolute atomic E-state index is 11.0. The fourth-order valence-corrected chi connectivity index (χ4v) is 2.72. The molecule has 0 saturated heterocycles. The number of H-pyrrole nitrogens is 4. The number of anilines is 2. The van der Waals surface area contributed by atoms with Crippen LogP contribution in [0.4, 0.5) is 11.4 Å². The van der Waals surface area contributed by atoms with Crippen LogP contribution in [-0.4, -0.2) is 42.0 Å². The fraction of sp³-hybridized carbons (Fsp3) is 0.111. The van der Waals surface area contributed by atoms with Crippen LogP contribution in [0.2, 0.25) is 0 Å². The summed E-state index contributed by atoms with van der Waals surface area (Å²) in [6.07, 6.45) is 0. The van der Waals surface area contributed by atoms with E-state index in [2.05, 4.69) is 30.6 Å². The number of aromatic hydroxyl groups is 2. The molecule has 4 rings (SSSR count). The summed E-state index contributed by atoms with van der Waals surface area (Å²) in [7, 11) is 0. The van der Waals surface area contributed by atoms with E-state index >= 15 is 0 Å². The second-order valence-electron chi connectivity index (χ2n) is 6.35. The van der Waals surface area contributed by atoms with Crippen molar-refractivity contribution in [2.24, 2.45) is 0 Å². The third-order valence-electron chi connectivity index (χ3n) is 3.89. The number of nitrogens with one attached hydrogen (secondary N) is 6. The Morgan fingerprint density at radius 3 is 1.26 bits per heavy atom. The van der Waals surface area contributed by atoms with Gasteiger partial charge >= 0.3 is 11.4 Å². The van der Waals surface area contributed by atoms with E-state index in [4.69, 9.17) is 0 Å². The number of carbonyl (C=O) groups is 2. The molecule has 0 unspecified atom stereocenters. The number of rotatable bonds is 2. The zero-order chi connectivity index (χ0) is 22.0. The molecular weight excluding hydrogens is 451 g/mol. The molecule has 31 heavy (non-hydrogen) atoms. The van der Waals surface area contributed by atoms with Gasteiger partial charge in [0, 0.05) is 43.0 Å². The molecule has 13 heteroatoms. The molecule has 12 nitrogen and oxygen atoms in total. The van der Waals surface area contributed by atoms with Crippen molar-refractivity contribution in [3.05, 3.63) is 45.2 Å². The van der Waals surface area contributed by atoms with E-state index in [-0.39, 0.29) is 63.1 Å². The first-order valence-corrected chi connectivity index (χ1v) is 8.57. The number of amides is 2. The van der Waals surface area contributed by atoms with Crippen molar-refractivity contribution in [2.45, 2.75) is 13.8 Å². The monoisotopic (exact) mass is 469 g/mol. The van der Waals surface area contributed by atoms with E-state index < -0.39 is 0 Å². The van der Waals surface area contributed by atoms with Gasteiger partial charge in [0.25, 0.3) is 0 Å². The summed E-state index contributed by atoms with van der Waals surface area (Å²) in [4.78, 5) is 53.6. The number of fused-ring (bicyclic) bond motifs is 2. The standard InChI is InChI=1S/2C9H9N3O3.Mn/c2*1-4(13)10-7-2-5-6(3-8(7)14)12-9(15)11-5;/h2*2-3,14H,1H3,(H,10,13)(H2,11,12,15);. The van der Waals surface area contributed by atoms with Crippen molar-refractivity contribution in [1.29, 1.82) is 0 Å². The van der Waals surface area contributed by atoms with Crippen LogP contribution in [0.25, 0.3) is 22.1 Å². The average Bonchev–Trinajstić information content (AvgIpc) is 3.15. The molecule has 0 bridgehead atoms. The molecule has 2 aromatic carbocycles. The van der Waals surface area contributed by atoms with Crippen LogP contribution in [0.3, 0.4) is 0 Å². The predicted octanol–water partition coefficient (Wildman–Crippen LogP) is 1.04. The molecular formula is C18H18MnN6O6. The summed E-state index contributed by atoms with van der Waals surface area (Å²) >= 11 is 0. The molecule has 0 aliphatic heterocycles. The minimum atomic E-state index is -0.357. The van der Waals surface area contributed by atoms with Gasteiger partial charge in [-0.15, -0.1) is 0 Å². The van der Waals surface area contributed by atoms with E-state index in [9.17, 15) is 29.4 Å². The van der Waals surface area contributed by atoms with Crippen LogP contribution in [0, 0.1) is 0 Å². The minimum absolute atomic E-state index is 0. The van der Waals surface area contributed by atoms with Crippen molar-refractivity contribution in [3.63, 3.8) is 0 Å². The first-order chi connectivity index (χ1) is 14.1. The number of benzene rings is 2. The summed E-state index contributed by atoms with van der Waals surface area (Å²) in [6, 6.07) is 5.73. The number of hydrogen-bond donors (Lipinski definition) is 8. The quantitative estimate of drug-likeness (QED) is 0.159. The van der Waals surface area contributed by atoms with Crippen LogP contribution < -0.4 is 22.0 Å². The van der Waals surface area contributed by atoms with Crippen LogP contribution in [-0.2, 0) is 26.7 Å². The molecule has 4 aromatic rings. The first kappa shape index (κ1) is 23.3. The molecule has 2 heterocycles. The first-order valence-electron chi connectivity index (χ1n) is 8.57. The smallest absolute Gasteiger partial charge is 0.323 e. The molecule has 0 saturated carbocycles. The number of phenols is 2. The molecule has 2 amide bonds. The van der Waals surface area contributed by atoms with Crippen molar-refractivity contribution in [3.8, 4) is 11.5 Å². The Balaban J connectivity index is 0.000000213. The molecule has 0 atom stereocenters. The number of hydrogen-bond acceptors (Lipinski definition) is 6. The molecule has 0 fully saturated rings. The fourth-order valence-electron chi connectivity index (χ4n) is 2.72. The molecule has 1 radical (unpaired) electrons. The zero-order valence-corrected chi connectivity index (χ0v) is 17.4. The Morgan fingerprint density at radius 2 is 0.968 bits per heavy atom. The van der Waals surface area contributed by atoms with Gasteiger partial charge in [0.05, 0.1) is 33.4 Å². The summed E-state index contributed by atoms with van der Waals surface area (Å²) in [5.41, 5.74) is 1.87. The summed E-state index contributed by atoms with van der Waals surface area (Å²) < 4.78 is 0. The van der Waals surface area contributed by atoms with E-state index in [0.717, 1.165) is 0 Å². The Labute approximate surface area is 183 Å². The van der Waals surface area contributed by atoms with Gasteiger partial charge in [-0.3, -0.25) is 9.59 Å². The summed E-state index contributed by atoms with van der Waals surface area (Å²) in [5.74, 6) is -0.758. The van der Waals surface area contributed by atoms with Gasteiger partial charge in [-0.25, -0.2) is 9.59 Å². The third kappa shape index (κ3) is 5.56. The van der Waals surface area contributed by atoms with Crippen molar-refractivity contribution in [1.82, 2.24) is 19.9 Å². The van der Waals surface area contributed by atoms with E-state index in [1.165, 1.54) is 38.1 Å². The van der Waals surface area contributed by atoms with Gasteiger partial charge in [-0.1, -0.05) is 0 Å². The Kier molecular flexibility index (Phi) is 6.95. The topological polar surface area (TPSA) is 196 Å². The molecule has 0 spiro atoms. The van der Waals surface area contributed by atoms with Crippen LogP contribution >= 0.6 is 0 Å². The molecule has 163 valence electrons. The normalized spacial score (nSPS) is 10.1. The number of phenolic OH excluding ortho intramolecular Hbond substituents is 2. The second-order valence-corrected chi connectivity index (χ2v) is 6.35. The van der Waals surface area contributed by atoms with Gasteiger partial charge in [0.1, 0.15) is 11.5 Å². The van der Waals surface area contributed by atoms with Crippen molar-refractivity contribution in [2.75, 3.05) is 10.6 Å². The maximum Gasteiger partial charge on any atom is 0.323 e. The number of aromatic nitrogens is 4. The van der Waals surface area contributed by atoms with Gasteiger partial charge in [0.2, 0.25) is 11.8 Å². The van der Waals surface area contributed by atoms with Crippen LogP contribution in [0.5, 0.6) is 11.5 Å². The largest absolute Gasteiger partial charge is 0.506 e. The van der Waals surface area contributed by atoms with Crippen LogP contribution in [0.1, 0.15) is 13.8 Å². The number of aromatic amines is 4. The Hall–Kier alpha value is -3.96. The average molecular weight is 469 g/mol. The van der Waals surface area contributed by atoms with Gasteiger partial charge < -0.3 is 40.8 Å². The van der Waals surface area contributed by atoms with Gasteiger partial charge in [-0.2, -0.15) is 0 Å². The maximum atomic E-state index is 11.0. The minimum Gasteiger partial charge on any atom is -0.506 e. The third-order valence-corrected chi connectivity index (χ3v) is 3.89. The Morgan fingerprint density at radius 1 is 0.677 bits per heavy atom. The molecule has 8 N–H and O–H groups in total. The molecule has 0 aliphatic carbocycles. The van der Waals surface area contributed by atoms with Crippen molar-refractivity contribution < 1.29 is 36.9 Å². The van der Waals surface area contributed by atoms with Gasteiger partial charge in [0.15, 0.2) is 0 Å². The molecule has 2 aromatic heterocycles. The Bertz CT molecular complexity index is 1280. The van der Waals surface area contributed by atoms with E-state index in [1.807, 2.05) is 0 Å². The van der Waals surface area contributed by atoms with E-state index in [0.29, 0.717) is 22.1 Å². The zero-order valence-electron chi connectivity index (χ0n) is 16.2.